The summed E-state index contributed by atoms with van der Waals surface area (Å²) < 4.78 is 7.60. The highest BCUT2D eigenvalue weighted by atomic mass is 16.5. The number of pyridine rings is 1. The molecular weight excluding hydrogens is 286 g/mol. The Morgan fingerprint density at radius 1 is 1.09 bits per heavy atom. The normalized spacial score (nSPS) is 16.0. The molecule has 23 heavy (non-hydrogen) atoms. The van der Waals surface area contributed by atoms with Crippen LogP contribution in [0.3, 0.4) is 0 Å². The lowest BCUT2D eigenvalue weighted by Crippen LogP contribution is -2.35. The number of aryl methyl sites for hydroxylation is 1. The Hall–Kier alpha value is -2.17. The number of fused-ring (bicyclic) bond motifs is 1. The average Bonchev–Trinajstić information content (AvgIpc) is 2.94. The third-order valence-electron chi connectivity index (χ3n) is 4.55. The van der Waals surface area contributed by atoms with Gasteiger partial charge < -0.3 is 9.30 Å². The molecule has 0 bridgehead atoms. The predicted octanol–water partition coefficient (Wildman–Crippen LogP) is 3.07. The van der Waals surface area contributed by atoms with Gasteiger partial charge in [0, 0.05) is 43.8 Å². The second-order valence-corrected chi connectivity index (χ2v) is 6.09. The summed E-state index contributed by atoms with van der Waals surface area (Å²) in [5.74, 6) is 0. The van der Waals surface area contributed by atoms with Gasteiger partial charge in [0.05, 0.1) is 24.6 Å². The lowest BCUT2D eigenvalue weighted by atomic mass is 10.2. The van der Waals surface area contributed by atoms with Gasteiger partial charge in [0.25, 0.3) is 0 Å². The summed E-state index contributed by atoms with van der Waals surface area (Å²) in [5.41, 5.74) is 4.68. The van der Waals surface area contributed by atoms with E-state index in [9.17, 15) is 0 Å². The zero-order chi connectivity index (χ0) is 15.6. The molecule has 0 atom stereocenters. The molecule has 1 saturated heterocycles. The highest BCUT2D eigenvalue weighted by Gasteiger charge is 2.12. The number of nitrogens with zero attached hydrogens (tertiary/aromatic N) is 3. The minimum atomic E-state index is 0.835. The van der Waals surface area contributed by atoms with Gasteiger partial charge in [-0.25, -0.2) is 0 Å². The van der Waals surface area contributed by atoms with E-state index in [0.29, 0.717) is 0 Å². The van der Waals surface area contributed by atoms with Gasteiger partial charge in [-0.15, -0.1) is 0 Å². The molecule has 1 aliphatic heterocycles. The third-order valence-corrected chi connectivity index (χ3v) is 4.55. The number of aromatic nitrogens is 2. The minimum Gasteiger partial charge on any atom is -0.379 e. The van der Waals surface area contributed by atoms with E-state index in [4.69, 9.17) is 9.72 Å². The van der Waals surface area contributed by atoms with Crippen molar-refractivity contribution in [1.82, 2.24) is 14.5 Å². The molecular formula is C19H21N3O. The zero-order valence-electron chi connectivity index (χ0n) is 13.4. The molecule has 1 aliphatic rings. The number of rotatable bonds is 3. The smallest absolute Gasteiger partial charge is 0.0866 e. The Labute approximate surface area is 136 Å². The molecule has 4 rings (SSSR count). The van der Waals surface area contributed by atoms with Crippen LogP contribution in [-0.2, 0) is 18.3 Å². The largest absolute Gasteiger partial charge is 0.379 e. The summed E-state index contributed by atoms with van der Waals surface area (Å²) in [4.78, 5) is 7.11. The van der Waals surface area contributed by atoms with Crippen LogP contribution in [0.5, 0.6) is 0 Å². The average molecular weight is 307 g/mol. The van der Waals surface area contributed by atoms with Gasteiger partial charge in [0.15, 0.2) is 0 Å². The van der Waals surface area contributed by atoms with Crippen molar-refractivity contribution < 1.29 is 4.74 Å². The molecule has 0 N–H and O–H groups in total. The molecule has 0 saturated carbocycles. The zero-order valence-corrected chi connectivity index (χ0v) is 13.4. The first kappa shape index (κ1) is 14.4. The number of hydrogen-bond acceptors (Lipinski definition) is 3. The van der Waals surface area contributed by atoms with Crippen molar-refractivity contribution >= 4 is 10.9 Å². The molecule has 1 aromatic carbocycles. The maximum atomic E-state index is 5.40. The van der Waals surface area contributed by atoms with Crippen molar-refractivity contribution in [1.29, 1.82) is 0 Å². The van der Waals surface area contributed by atoms with Crippen molar-refractivity contribution in [3.63, 3.8) is 0 Å². The molecule has 118 valence electrons. The number of hydrogen-bond donors (Lipinski definition) is 0. The van der Waals surface area contributed by atoms with Crippen molar-refractivity contribution in [2.45, 2.75) is 6.54 Å². The van der Waals surface area contributed by atoms with Gasteiger partial charge in [0.2, 0.25) is 0 Å². The molecule has 1 fully saturated rings. The van der Waals surface area contributed by atoms with Crippen LogP contribution in [0.2, 0.25) is 0 Å². The van der Waals surface area contributed by atoms with Crippen LogP contribution < -0.4 is 0 Å². The Kier molecular flexibility index (Phi) is 3.85. The topological polar surface area (TPSA) is 30.3 Å². The van der Waals surface area contributed by atoms with Gasteiger partial charge in [-0.1, -0.05) is 24.3 Å². The molecule has 4 nitrogen and oxygen atoms in total. The first-order chi connectivity index (χ1) is 11.3. The van der Waals surface area contributed by atoms with Gasteiger partial charge >= 0.3 is 0 Å². The highest BCUT2D eigenvalue weighted by molar-refractivity contribution is 5.86. The van der Waals surface area contributed by atoms with Crippen LogP contribution in [0.4, 0.5) is 0 Å². The van der Waals surface area contributed by atoms with Crippen LogP contribution in [0.25, 0.3) is 22.3 Å². The summed E-state index contributed by atoms with van der Waals surface area (Å²) in [6, 6.07) is 15.0. The Morgan fingerprint density at radius 2 is 1.91 bits per heavy atom. The predicted molar refractivity (Wildman–Crippen MR) is 92.2 cm³/mol. The monoisotopic (exact) mass is 307 g/mol. The van der Waals surface area contributed by atoms with Gasteiger partial charge in [-0.2, -0.15) is 0 Å². The maximum Gasteiger partial charge on any atom is 0.0866 e. The molecule has 0 aliphatic carbocycles. The number of benzene rings is 1. The van der Waals surface area contributed by atoms with Crippen molar-refractivity contribution in [3.05, 3.63) is 54.2 Å². The van der Waals surface area contributed by atoms with Crippen molar-refractivity contribution in [3.8, 4) is 11.4 Å². The molecule has 0 amide bonds. The van der Waals surface area contributed by atoms with Crippen molar-refractivity contribution in [2.24, 2.45) is 7.05 Å². The SMILES string of the molecule is Cn1c(-c2ccc(CN3CCOCC3)cn2)cc2ccccc21. The molecule has 4 heteroatoms. The van der Waals surface area contributed by atoms with E-state index < -0.39 is 0 Å². The van der Waals surface area contributed by atoms with Crippen LogP contribution >= 0.6 is 0 Å². The van der Waals surface area contributed by atoms with Gasteiger partial charge in [-0.3, -0.25) is 9.88 Å². The van der Waals surface area contributed by atoms with E-state index in [1.54, 1.807) is 0 Å². The van der Waals surface area contributed by atoms with Crippen LogP contribution in [0.15, 0.2) is 48.7 Å². The summed E-state index contributed by atoms with van der Waals surface area (Å²) in [5, 5.41) is 1.25. The fourth-order valence-corrected chi connectivity index (χ4v) is 3.22. The minimum absolute atomic E-state index is 0.835. The fourth-order valence-electron chi connectivity index (χ4n) is 3.22. The second kappa shape index (κ2) is 6.14. The molecule has 0 unspecified atom stereocenters. The first-order valence-electron chi connectivity index (χ1n) is 8.11. The van der Waals surface area contributed by atoms with Crippen LogP contribution in [0, 0.1) is 0 Å². The molecule has 0 spiro atoms. The van der Waals surface area contributed by atoms with E-state index in [1.165, 1.54) is 16.5 Å². The Morgan fingerprint density at radius 3 is 2.65 bits per heavy atom. The number of para-hydroxylation sites is 1. The quantitative estimate of drug-likeness (QED) is 0.745. The molecule has 0 radical (unpaired) electrons. The van der Waals surface area contributed by atoms with Gasteiger partial charge in [-0.05, 0) is 23.8 Å². The summed E-state index contributed by atoms with van der Waals surface area (Å²) in [7, 11) is 2.10. The van der Waals surface area contributed by atoms with Crippen LogP contribution in [0.1, 0.15) is 5.56 Å². The third kappa shape index (κ3) is 2.87. The van der Waals surface area contributed by atoms with Gasteiger partial charge in [0.1, 0.15) is 0 Å². The second-order valence-electron chi connectivity index (χ2n) is 6.09. The van der Waals surface area contributed by atoms with E-state index in [1.807, 2.05) is 6.20 Å². The maximum absolute atomic E-state index is 5.40. The summed E-state index contributed by atoms with van der Waals surface area (Å²) in [6.45, 7) is 4.63. The van der Waals surface area contributed by atoms with Crippen LogP contribution in [-0.4, -0.2) is 40.8 Å². The first-order valence-corrected chi connectivity index (χ1v) is 8.11. The number of morpholine rings is 1. The Bertz CT molecular complexity index is 801. The standard InChI is InChI=1S/C19H21N3O/c1-21-18-5-3-2-4-16(18)12-19(21)17-7-6-15(13-20-17)14-22-8-10-23-11-9-22/h2-7,12-13H,8-11,14H2,1H3. The summed E-state index contributed by atoms with van der Waals surface area (Å²) >= 11 is 0. The van der Waals surface area contributed by atoms with E-state index in [2.05, 4.69) is 59.0 Å². The summed E-state index contributed by atoms with van der Waals surface area (Å²) in [6.07, 6.45) is 2.00. The number of ether oxygens (including phenoxy) is 1. The van der Waals surface area contributed by atoms with E-state index >= 15 is 0 Å². The molecule has 3 heterocycles. The molecule has 2 aromatic heterocycles. The Balaban J connectivity index is 1.58. The van der Waals surface area contributed by atoms with E-state index in [0.717, 1.165) is 44.2 Å². The lowest BCUT2D eigenvalue weighted by Gasteiger charge is -2.26. The highest BCUT2D eigenvalue weighted by Crippen LogP contribution is 2.25. The van der Waals surface area contributed by atoms with Crippen molar-refractivity contribution in [2.75, 3.05) is 26.3 Å². The lowest BCUT2D eigenvalue weighted by molar-refractivity contribution is 0.0341. The van der Waals surface area contributed by atoms with E-state index in [-0.39, 0.29) is 0 Å². The fraction of sp³-hybridized carbons (Fsp3) is 0.316. The molecule has 3 aromatic rings.